The highest BCUT2D eigenvalue weighted by molar-refractivity contribution is 6.25. The van der Waals surface area contributed by atoms with Crippen molar-refractivity contribution in [2.45, 2.75) is 91.9 Å². The standard InChI is InChI=1S/C23H37B/c1-5-7-8-9-11-18-12-10-13-20-16-19(6-2)21(14-17(3)4)23(24)22(20)15-18/h9,11,17-18,20H,5-8,10,12-16H2,1-4H3/b11-9+/t18?,20-/m1/s1. The summed E-state index contributed by atoms with van der Waals surface area (Å²) in [6, 6.07) is 0. The second-order valence-electron chi connectivity index (χ2n) is 8.34. The fourth-order valence-corrected chi connectivity index (χ4v) is 4.51. The van der Waals surface area contributed by atoms with E-state index in [4.69, 9.17) is 7.85 Å². The molecule has 0 nitrogen and oxygen atoms in total. The molecule has 0 heterocycles. The predicted molar refractivity (Wildman–Crippen MR) is 108 cm³/mol. The molecule has 0 bridgehead atoms. The van der Waals surface area contributed by atoms with Gasteiger partial charge in [0.1, 0.15) is 7.85 Å². The van der Waals surface area contributed by atoms with Crippen LogP contribution >= 0.6 is 0 Å². The first-order valence-corrected chi connectivity index (χ1v) is 10.4. The van der Waals surface area contributed by atoms with Crippen LogP contribution in [0.15, 0.2) is 34.3 Å². The molecule has 1 unspecified atom stereocenters. The molecular formula is C23H37B. The topological polar surface area (TPSA) is 0 Å². The summed E-state index contributed by atoms with van der Waals surface area (Å²) in [7, 11) is 6.75. The Balaban J connectivity index is 2.19. The summed E-state index contributed by atoms with van der Waals surface area (Å²) in [6.07, 6.45) is 17.6. The Morgan fingerprint density at radius 1 is 1.17 bits per heavy atom. The maximum absolute atomic E-state index is 6.75. The highest BCUT2D eigenvalue weighted by atomic mass is 14.3. The van der Waals surface area contributed by atoms with Crippen molar-refractivity contribution >= 4 is 7.85 Å². The quantitative estimate of drug-likeness (QED) is 0.266. The van der Waals surface area contributed by atoms with Crippen LogP contribution in [0.2, 0.25) is 0 Å². The van der Waals surface area contributed by atoms with E-state index in [1.165, 1.54) is 68.8 Å². The summed E-state index contributed by atoms with van der Waals surface area (Å²) in [5.41, 5.74) is 5.94. The van der Waals surface area contributed by atoms with E-state index in [1.807, 2.05) is 0 Å². The van der Waals surface area contributed by atoms with Crippen LogP contribution in [-0.2, 0) is 0 Å². The summed E-state index contributed by atoms with van der Waals surface area (Å²) in [5, 5.41) is 0. The third kappa shape index (κ3) is 5.14. The molecule has 24 heavy (non-hydrogen) atoms. The average Bonchev–Trinajstić information content (AvgIpc) is 2.76. The maximum Gasteiger partial charge on any atom is 0.114 e. The van der Waals surface area contributed by atoms with Crippen LogP contribution < -0.4 is 0 Å². The predicted octanol–water partition coefficient (Wildman–Crippen LogP) is 7.12. The molecule has 2 rings (SSSR count). The van der Waals surface area contributed by atoms with Crippen LogP contribution in [0.25, 0.3) is 0 Å². The molecule has 0 aromatic rings. The molecule has 1 fully saturated rings. The van der Waals surface area contributed by atoms with Gasteiger partial charge in [0.25, 0.3) is 0 Å². The number of hydrogen-bond donors (Lipinski definition) is 0. The van der Waals surface area contributed by atoms with E-state index in [1.54, 1.807) is 11.1 Å². The van der Waals surface area contributed by atoms with Crippen LogP contribution in [0.1, 0.15) is 91.9 Å². The minimum absolute atomic E-state index is 0.688. The molecular weight excluding hydrogens is 287 g/mol. The zero-order valence-corrected chi connectivity index (χ0v) is 16.5. The third-order valence-electron chi connectivity index (χ3n) is 5.86. The summed E-state index contributed by atoms with van der Waals surface area (Å²) in [6.45, 7) is 9.21. The zero-order chi connectivity index (χ0) is 17.5. The largest absolute Gasteiger partial charge is 0.114 e. The molecule has 2 aliphatic carbocycles. The lowest BCUT2D eigenvalue weighted by Gasteiger charge is -2.32. The van der Waals surface area contributed by atoms with Crippen molar-refractivity contribution in [3.05, 3.63) is 34.3 Å². The highest BCUT2D eigenvalue weighted by Gasteiger charge is 2.29. The molecule has 2 atom stereocenters. The summed E-state index contributed by atoms with van der Waals surface area (Å²) in [5.74, 6) is 2.13. The summed E-state index contributed by atoms with van der Waals surface area (Å²) in [4.78, 5) is 0. The van der Waals surface area contributed by atoms with Gasteiger partial charge in [-0.05, 0) is 62.7 Å². The molecule has 2 aliphatic rings. The molecule has 1 heteroatoms. The number of rotatable bonds is 7. The Bertz CT molecular complexity index is 492. The van der Waals surface area contributed by atoms with Gasteiger partial charge in [-0.1, -0.05) is 81.3 Å². The summed E-state index contributed by atoms with van der Waals surface area (Å²) < 4.78 is 0. The van der Waals surface area contributed by atoms with Crippen molar-refractivity contribution in [1.29, 1.82) is 0 Å². The van der Waals surface area contributed by atoms with Crippen molar-refractivity contribution in [2.75, 3.05) is 0 Å². The first-order valence-electron chi connectivity index (χ1n) is 10.4. The molecule has 0 aromatic heterocycles. The van der Waals surface area contributed by atoms with Crippen LogP contribution in [0.3, 0.4) is 0 Å². The van der Waals surface area contributed by atoms with E-state index in [9.17, 15) is 0 Å². The minimum Gasteiger partial charge on any atom is -0.0940 e. The Kier molecular flexibility index (Phi) is 7.91. The highest BCUT2D eigenvalue weighted by Crippen LogP contribution is 2.44. The number of hydrogen-bond acceptors (Lipinski definition) is 0. The average molecular weight is 324 g/mol. The van der Waals surface area contributed by atoms with Gasteiger partial charge < -0.3 is 0 Å². The SMILES string of the molecule is [B]C1=C2CC(/C=C/CCCC)CCC[C@@H]2CC(CC)=C1CC(C)C. The van der Waals surface area contributed by atoms with Gasteiger partial charge in [0.15, 0.2) is 0 Å². The molecule has 2 radical (unpaired) electrons. The fraction of sp³-hybridized carbons (Fsp3) is 0.739. The minimum atomic E-state index is 0.688. The molecule has 0 saturated heterocycles. The molecule has 0 aliphatic heterocycles. The molecule has 0 aromatic carbocycles. The molecule has 0 amide bonds. The second kappa shape index (κ2) is 9.69. The van der Waals surface area contributed by atoms with E-state index >= 15 is 0 Å². The van der Waals surface area contributed by atoms with Gasteiger partial charge in [-0.15, -0.1) is 0 Å². The Hall–Kier alpha value is -0.715. The van der Waals surface area contributed by atoms with Gasteiger partial charge in [-0.25, -0.2) is 0 Å². The smallest absolute Gasteiger partial charge is 0.0940 e. The lowest BCUT2D eigenvalue weighted by molar-refractivity contribution is 0.517. The van der Waals surface area contributed by atoms with Crippen molar-refractivity contribution in [3.8, 4) is 0 Å². The van der Waals surface area contributed by atoms with Gasteiger partial charge in [0, 0.05) is 0 Å². The van der Waals surface area contributed by atoms with Crippen LogP contribution in [0.4, 0.5) is 0 Å². The molecule has 1 saturated carbocycles. The van der Waals surface area contributed by atoms with Gasteiger partial charge in [0.05, 0.1) is 0 Å². The van der Waals surface area contributed by atoms with Crippen molar-refractivity contribution in [2.24, 2.45) is 17.8 Å². The Labute approximate surface area is 152 Å². The maximum atomic E-state index is 6.75. The van der Waals surface area contributed by atoms with Gasteiger partial charge >= 0.3 is 0 Å². The van der Waals surface area contributed by atoms with E-state index in [0.29, 0.717) is 11.8 Å². The van der Waals surface area contributed by atoms with E-state index in [0.717, 1.165) is 12.3 Å². The lowest BCUT2D eigenvalue weighted by atomic mass is 9.67. The van der Waals surface area contributed by atoms with Crippen molar-refractivity contribution in [1.82, 2.24) is 0 Å². The van der Waals surface area contributed by atoms with Crippen molar-refractivity contribution in [3.63, 3.8) is 0 Å². The first kappa shape index (κ1) is 19.6. The number of unbranched alkanes of at least 4 members (excludes halogenated alkanes) is 2. The normalized spacial score (nSPS) is 25.5. The van der Waals surface area contributed by atoms with Crippen LogP contribution in [-0.4, -0.2) is 7.85 Å². The Morgan fingerprint density at radius 3 is 2.62 bits per heavy atom. The van der Waals surface area contributed by atoms with Crippen LogP contribution in [0, 0.1) is 17.8 Å². The fourth-order valence-electron chi connectivity index (χ4n) is 4.51. The third-order valence-corrected chi connectivity index (χ3v) is 5.86. The van der Waals surface area contributed by atoms with Crippen molar-refractivity contribution < 1.29 is 0 Å². The molecule has 0 spiro atoms. The second-order valence-corrected chi connectivity index (χ2v) is 8.34. The van der Waals surface area contributed by atoms with Gasteiger partial charge in [-0.3, -0.25) is 0 Å². The van der Waals surface area contributed by atoms with E-state index < -0.39 is 0 Å². The monoisotopic (exact) mass is 324 g/mol. The Morgan fingerprint density at radius 2 is 1.96 bits per heavy atom. The number of fused-ring (bicyclic) bond motifs is 1. The summed E-state index contributed by atoms with van der Waals surface area (Å²) >= 11 is 0. The van der Waals surface area contributed by atoms with Crippen LogP contribution in [0.5, 0.6) is 0 Å². The first-order chi connectivity index (χ1) is 11.6. The zero-order valence-electron chi connectivity index (χ0n) is 16.5. The lowest BCUT2D eigenvalue weighted by Crippen LogP contribution is -2.17. The molecule has 132 valence electrons. The van der Waals surface area contributed by atoms with E-state index in [2.05, 4.69) is 39.8 Å². The van der Waals surface area contributed by atoms with E-state index in [-0.39, 0.29) is 0 Å². The van der Waals surface area contributed by atoms with Gasteiger partial charge in [-0.2, -0.15) is 0 Å². The number of allylic oxidation sites excluding steroid dienone is 6. The van der Waals surface area contributed by atoms with Gasteiger partial charge in [0.2, 0.25) is 0 Å². The molecule has 0 N–H and O–H groups in total.